The van der Waals surface area contributed by atoms with Crippen LogP contribution in [0.3, 0.4) is 0 Å². The molecule has 0 aliphatic carbocycles. The number of hydrogen-bond acceptors (Lipinski definition) is 4. The molecule has 0 saturated carbocycles. The van der Waals surface area contributed by atoms with Crippen LogP contribution >= 0.6 is 11.3 Å². The van der Waals surface area contributed by atoms with Gasteiger partial charge >= 0.3 is 0 Å². The number of nitrogens with two attached hydrogens (primary N) is 1. The molecule has 108 valence electrons. The Bertz CT molecular complexity index is 408. The van der Waals surface area contributed by atoms with Crippen molar-refractivity contribution in [3.63, 3.8) is 0 Å². The van der Waals surface area contributed by atoms with Gasteiger partial charge in [-0.15, -0.1) is 11.3 Å². The van der Waals surface area contributed by atoms with Gasteiger partial charge in [0.15, 0.2) is 0 Å². The number of nitrogens with zero attached hydrogens (tertiary/aromatic N) is 2. The third kappa shape index (κ3) is 3.36. The molecule has 2 rings (SSSR count). The van der Waals surface area contributed by atoms with Gasteiger partial charge in [-0.1, -0.05) is 27.2 Å². The summed E-state index contributed by atoms with van der Waals surface area (Å²) >= 11 is 1.79. The summed E-state index contributed by atoms with van der Waals surface area (Å²) in [5, 5.41) is 3.44. The highest BCUT2D eigenvalue weighted by Crippen LogP contribution is 2.33. The van der Waals surface area contributed by atoms with Crippen LogP contribution in [-0.2, 0) is 5.41 Å². The summed E-state index contributed by atoms with van der Waals surface area (Å²) in [4.78, 5) is 7.35. The molecule has 1 aromatic rings. The lowest BCUT2D eigenvalue weighted by Gasteiger charge is -2.36. The molecule has 1 aromatic heterocycles. The van der Waals surface area contributed by atoms with Crippen LogP contribution in [0, 0.1) is 0 Å². The first-order valence-electron chi connectivity index (χ1n) is 7.29. The minimum atomic E-state index is 0.131. The van der Waals surface area contributed by atoms with Crippen LogP contribution in [-0.4, -0.2) is 36.1 Å². The molecular formula is C15H27N3S. The largest absolute Gasteiger partial charge is 0.330 e. The first-order valence-corrected chi connectivity index (χ1v) is 8.17. The second-order valence-electron chi connectivity index (χ2n) is 6.71. The maximum absolute atomic E-state index is 6.06. The van der Waals surface area contributed by atoms with Crippen LogP contribution in [0.15, 0.2) is 5.38 Å². The molecule has 1 fully saturated rings. The summed E-state index contributed by atoms with van der Waals surface area (Å²) in [6.07, 6.45) is 3.89. The van der Waals surface area contributed by atoms with Crippen molar-refractivity contribution < 1.29 is 0 Å². The summed E-state index contributed by atoms with van der Waals surface area (Å²) in [7, 11) is 2.23. The number of likely N-dealkylation sites (tertiary alicyclic amines) is 1. The van der Waals surface area contributed by atoms with E-state index in [1.165, 1.54) is 36.5 Å². The molecule has 2 atom stereocenters. The third-order valence-electron chi connectivity index (χ3n) is 4.15. The number of likely N-dealkylation sites (N-methyl/N-ethyl adjacent to an activating group) is 1. The zero-order chi connectivity index (χ0) is 14.0. The van der Waals surface area contributed by atoms with E-state index < -0.39 is 0 Å². The van der Waals surface area contributed by atoms with Gasteiger partial charge in [0.05, 0.1) is 10.7 Å². The van der Waals surface area contributed by atoms with E-state index in [2.05, 4.69) is 38.1 Å². The number of rotatable bonds is 3. The molecule has 4 heteroatoms. The predicted molar refractivity (Wildman–Crippen MR) is 82.9 cm³/mol. The Hall–Kier alpha value is -0.450. The number of piperidine rings is 1. The van der Waals surface area contributed by atoms with Crippen molar-refractivity contribution in [1.29, 1.82) is 0 Å². The van der Waals surface area contributed by atoms with Crippen molar-refractivity contribution in [3.05, 3.63) is 16.1 Å². The normalized spacial score (nSPS) is 23.5. The number of hydrogen-bond donors (Lipinski definition) is 1. The van der Waals surface area contributed by atoms with Gasteiger partial charge in [0, 0.05) is 29.3 Å². The maximum atomic E-state index is 6.06. The highest BCUT2D eigenvalue weighted by Gasteiger charge is 2.30. The lowest BCUT2D eigenvalue weighted by atomic mass is 9.90. The summed E-state index contributed by atoms with van der Waals surface area (Å²) in [6.45, 7) is 8.55. The Morgan fingerprint density at radius 1 is 1.47 bits per heavy atom. The smallest absolute Gasteiger partial charge is 0.0987 e. The molecule has 0 bridgehead atoms. The average molecular weight is 281 g/mol. The summed E-state index contributed by atoms with van der Waals surface area (Å²) in [6, 6.07) is 0.567. The van der Waals surface area contributed by atoms with Crippen LogP contribution in [0.4, 0.5) is 0 Å². The van der Waals surface area contributed by atoms with Crippen molar-refractivity contribution in [2.75, 3.05) is 20.1 Å². The fourth-order valence-electron chi connectivity index (χ4n) is 2.83. The standard InChI is InChI=1S/C15H27N3S/c1-15(2,3)13-10-19-14(17-13)11(9-16)12-7-5-6-8-18(12)4/h10-12H,5-9,16H2,1-4H3. The zero-order valence-electron chi connectivity index (χ0n) is 12.6. The first kappa shape index (κ1) is 14.9. The van der Waals surface area contributed by atoms with Gasteiger partial charge in [-0.25, -0.2) is 4.98 Å². The Labute approximate surface area is 121 Å². The quantitative estimate of drug-likeness (QED) is 0.926. The molecule has 2 N–H and O–H groups in total. The molecule has 1 aliphatic heterocycles. The fourth-order valence-corrected chi connectivity index (χ4v) is 4.05. The molecule has 1 aliphatic rings. The van der Waals surface area contributed by atoms with Gasteiger partial charge in [-0.05, 0) is 26.4 Å². The van der Waals surface area contributed by atoms with Gasteiger partial charge < -0.3 is 10.6 Å². The molecule has 0 aromatic carbocycles. The van der Waals surface area contributed by atoms with Crippen LogP contribution in [0.25, 0.3) is 0 Å². The third-order valence-corrected chi connectivity index (χ3v) is 5.13. The SMILES string of the molecule is CN1CCCCC1C(CN)c1nc(C(C)(C)C)cs1. The lowest BCUT2D eigenvalue weighted by Crippen LogP contribution is -2.42. The first-order chi connectivity index (χ1) is 8.93. The predicted octanol–water partition coefficient (Wildman–Crippen LogP) is 2.97. The van der Waals surface area contributed by atoms with Crippen LogP contribution in [0.1, 0.15) is 56.7 Å². The Morgan fingerprint density at radius 2 is 2.21 bits per heavy atom. The van der Waals surface area contributed by atoms with Crippen molar-refractivity contribution in [2.24, 2.45) is 5.73 Å². The van der Waals surface area contributed by atoms with Crippen LogP contribution < -0.4 is 5.73 Å². The highest BCUT2D eigenvalue weighted by molar-refractivity contribution is 7.09. The maximum Gasteiger partial charge on any atom is 0.0987 e. The Morgan fingerprint density at radius 3 is 2.74 bits per heavy atom. The molecule has 2 heterocycles. The van der Waals surface area contributed by atoms with E-state index in [0.717, 1.165) is 0 Å². The number of thiazole rings is 1. The lowest BCUT2D eigenvalue weighted by molar-refractivity contribution is 0.160. The van der Waals surface area contributed by atoms with Gasteiger partial charge in [0.2, 0.25) is 0 Å². The Balaban J connectivity index is 2.19. The van der Waals surface area contributed by atoms with Gasteiger partial charge in [-0.3, -0.25) is 0 Å². The van der Waals surface area contributed by atoms with Gasteiger partial charge in [0.1, 0.15) is 0 Å². The van der Waals surface area contributed by atoms with Gasteiger partial charge in [0.25, 0.3) is 0 Å². The van der Waals surface area contributed by atoms with Gasteiger partial charge in [-0.2, -0.15) is 0 Å². The summed E-state index contributed by atoms with van der Waals surface area (Å²) in [5.74, 6) is 0.395. The van der Waals surface area contributed by atoms with Crippen molar-refractivity contribution in [2.45, 2.75) is 57.4 Å². The molecule has 19 heavy (non-hydrogen) atoms. The zero-order valence-corrected chi connectivity index (χ0v) is 13.5. The molecule has 1 saturated heterocycles. The van der Waals surface area contributed by atoms with Crippen LogP contribution in [0.5, 0.6) is 0 Å². The molecule has 0 amide bonds. The molecular weight excluding hydrogens is 254 g/mol. The fraction of sp³-hybridized carbons (Fsp3) is 0.800. The van der Waals surface area contributed by atoms with E-state index in [0.29, 0.717) is 18.5 Å². The molecule has 0 spiro atoms. The molecule has 3 nitrogen and oxygen atoms in total. The van der Waals surface area contributed by atoms with E-state index >= 15 is 0 Å². The van der Waals surface area contributed by atoms with E-state index in [1.54, 1.807) is 11.3 Å². The summed E-state index contributed by atoms with van der Waals surface area (Å²) < 4.78 is 0. The van der Waals surface area contributed by atoms with Crippen LogP contribution in [0.2, 0.25) is 0 Å². The van der Waals surface area contributed by atoms with Crippen molar-refractivity contribution in [3.8, 4) is 0 Å². The highest BCUT2D eigenvalue weighted by atomic mass is 32.1. The average Bonchev–Trinajstić information content (AvgIpc) is 2.82. The van der Waals surface area contributed by atoms with E-state index in [-0.39, 0.29) is 5.41 Å². The monoisotopic (exact) mass is 281 g/mol. The second-order valence-corrected chi connectivity index (χ2v) is 7.60. The molecule has 0 radical (unpaired) electrons. The van der Waals surface area contributed by atoms with E-state index in [4.69, 9.17) is 10.7 Å². The van der Waals surface area contributed by atoms with E-state index in [9.17, 15) is 0 Å². The number of aromatic nitrogens is 1. The molecule has 2 unspecified atom stereocenters. The minimum Gasteiger partial charge on any atom is -0.330 e. The van der Waals surface area contributed by atoms with Crippen molar-refractivity contribution >= 4 is 11.3 Å². The Kier molecular flexibility index (Phi) is 4.64. The topological polar surface area (TPSA) is 42.1 Å². The minimum absolute atomic E-state index is 0.131. The summed E-state index contributed by atoms with van der Waals surface area (Å²) in [5.41, 5.74) is 7.39. The van der Waals surface area contributed by atoms with Crippen molar-refractivity contribution in [1.82, 2.24) is 9.88 Å². The second kappa shape index (κ2) is 5.90. The van der Waals surface area contributed by atoms with E-state index in [1.807, 2.05) is 0 Å².